The van der Waals surface area contributed by atoms with Gasteiger partial charge in [-0.3, -0.25) is 19.6 Å². The highest BCUT2D eigenvalue weighted by atomic mass is 16.6. The predicted octanol–water partition coefficient (Wildman–Crippen LogP) is 2.00. The first-order chi connectivity index (χ1) is 9.40. The summed E-state index contributed by atoms with van der Waals surface area (Å²) in [5, 5.41) is 24.1. The standard InChI is InChI=1S/C13H13N3O4/c1-8-13(16(19)20)9(2)15(14-8)7-12(18)10-3-5-11(17)6-4-10/h3-6,17H,7H2,1-2H3. The fraction of sp³-hybridized carbons (Fsp3) is 0.231. The lowest BCUT2D eigenvalue weighted by atomic mass is 10.1. The van der Waals surface area contributed by atoms with Crippen molar-refractivity contribution in [2.24, 2.45) is 0 Å². The van der Waals surface area contributed by atoms with Crippen molar-refractivity contribution in [2.45, 2.75) is 20.4 Å². The number of carbonyl (C=O) groups excluding carboxylic acids is 1. The molecule has 2 aromatic rings. The highest BCUT2D eigenvalue weighted by Crippen LogP contribution is 2.22. The van der Waals surface area contributed by atoms with Crippen LogP contribution in [0.25, 0.3) is 0 Å². The van der Waals surface area contributed by atoms with Gasteiger partial charge in [0.15, 0.2) is 5.78 Å². The Morgan fingerprint density at radius 3 is 2.45 bits per heavy atom. The molecule has 0 spiro atoms. The first-order valence-electron chi connectivity index (χ1n) is 5.90. The number of phenols is 1. The van der Waals surface area contributed by atoms with Crippen molar-refractivity contribution in [2.75, 3.05) is 0 Å². The van der Waals surface area contributed by atoms with Crippen molar-refractivity contribution in [1.29, 1.82) is 0 Å². The molecule has 1 aromatic carbocycles. The molecule has 1 heterocycles. The van der Waals surface area contributed by atoms with E-state index in [2.05, 4.69) is 5.10 Å². The lowest BCUT2D eigenvalue weighted by Gasteiger charge is -2.03. The Bertz CT molecular complexity index is 674. The average Bonchev–Trinajstić information content (AvgIpc) is 2.65. The second-order valence-corrected chi connectivity index (χ2v) is 4.40. The monoisotopic (exact) mass is 275 g/mol. The Hall–Kier alpha value is -2.70. The third kappa shape index (κ3) is 2.51. The van der Waals surface area contributed by atoms with Crippen LogP contribution in [0.15, 0.2) is 24.3 Å². The number of aromatic hydroxyl groups is 1. The molecule has 2 rings (SSSR count). The minimum atomic E-state index is -0.501. The zero-order valence-corrected chi connectivity index (χ0v) is 11.0. The van der Waals surface area contributed by atoms with Crippen molar-refractivity contribution < 1.29 is 14.8 Å². The maximum absolute atomic E-state index is 12.1. The summed E-state index contributed by atoms with van der Waals surface area (Å²) < 4.78 is 1.32. The maximum Gasteiger partial charge on any atom is 0.312 e. The number of nitro groups is 1. The Labute approximate surface area is 114 Å². The van der Waals surface area contributed by atoms with E-state index in [0.29, 0.717) is 11.3 Å². The number of ketones is 1. The zero-order chi connectivity index (χ0) is 14.9. The molecule has 0 saturated carbocycles. The van der Waals surface area contributed by atoms with Crippen LogP contribution in [-0.4, -0.2) is 25.6 Å². The molecule has 0 amide bonds. The van der Waals surface area contributed by atoms with Crippen LogP contribution in [-0.2, 0) is 6.54 Å². The van der Waals surface area contributed by atoms with Gasteiger partial charge in [-0.1, -0.05) is 0 Å². The molecule has 0 unspecified atom stereocenters. The Morgan fingerprint density at radius 1 is 1.35 bits per heavy atom. The molecular weight excluding hydrogens is 262 g/mol. The first-order valence-corrected chi connectivity index (χ1v) is 5.90. The molecule has 1 N–H and O–H groups in total. The quantitative estimate of drug-likeness (QED) is 0.522. The van der Waals surface area contributed by atoms with Gasteiger partial charge in [0.05, 0.1) is 4.92 Å². The van der Waals surface area contributed by atoms with Gasteiger partial charge >= 0.3 is 5.69 Å². The molecular formula is C13H13N3O4. The first kappa shape index (κ1) is 13.7. The van der Waals surface area contributed by atoms with Gasteiger partial charge < -0.3 is 5.11 Å². The summed E-state index contributed by atoms with van der Waals surface area (Å²) in [7, 11) is 0. The summed E-state index contributed by atoms with van der Waals surface area (Å²) in [4.78, 5) is 22.4. The smallest absolute Gasteiger partial charge is 0.312 e. The number of phenolic OH excluding ortho intramolecular Hbond substituents is 1. The number of benzene rings is 1. The van der Waals surface area contributed by atoms with Gasteiger partial charge in [-0.25, -0.2) is 0 Å². The molecule has 0 fully saturated rings. The van der Waals surface area contributed by atoms with E-state index in [9.17, 15) is 14.9 Å². The Kier molecular flexibility index (Phi) is 3.51. The van der Waals surface area contributed by atoms with E-state index in [-0.39, 0.29) is 29.5 Å². The molecule has 104 valence electrons. The number of hydrogen-bond acceptors (Lipinski definition) is 5. The van der Waals surface area contributed by atoms with E-state index < -0.39 is 4.92 Å². The molecule has 0 aliphatic rings. The minimum Gasteiger partial charge on any atom is -0.508 e. The van der Waals surface area contributed by atoms with Crippen LogP contribution >= 0.6 is 0 Å². The molecule has 0 aliphatic carbocycles. The number of aryl methyl sites for hydroxylation is 1. The number of aromatic nitrogens is 2. The van der Waals surface area contributed by atoms with E-state index in [4.69, 9.17) is 5.11 Å². The van der Waals surface area contributed by atoms with Crippen molar-refractivity contribution in [3.8, 4) is 5.75 Å². The third-order valence-electron chi connectivity index (χ3n) is 3.01. The van der Waals surface area contributed by atoms with E-state index >= 15 is 0 Å². The number of rotatable bonds is 4. The van der Waals surface area contributed by atoms with E-state index in [1.165, 1.54) is 35.9 Å². The van der Waals surface area contributed by atoms with Gasteiger partial charge in [-0.05, 0) is 38.1 Å². The summed E-state index contributed by atoms with van der Waals surface area (Å²) in [5.41, 5.74) is 0.979. The molecule has 7 nitrogen and oxygen atoms in total. The van der Waals surface area contributed by atoms with Crippen LogP contribution in [0.2, 0.25) is 0 Å². The molecule has 0 radical (unpaired) electrons. The van der Waals surface area contributed by atoms with Crippen molar-refractivity contribution in [1.82, 2.24) is 9.78 Å². The number of carbonyl (C=O) groups is 1. The molecule has 0 saturated heterocycles. The normalized spacial score (nSPS) is 10.5. The van der Waals surface area contributed by atoms with Crippen LogP contribution in [0, 0.1) is 24.0 Å². The van der Waals surface area contributed by atoms with E-state index in [1.807, 2.05) is 0 Å². The number of nitrogens with zero attached hydrogens (tertiary/aromatic N) is 3. The highest BCUT2D eigenvalue weighted by molar-refractivity contribution is 5.96. The predicted molar refractivity (Wildman–Crippen MR) is 70.8 cm³/mol. The highest BCUT2D eigenvalue weighted by Gasteiger charge is 2.22. The van der Waals surface area contributed by atoms with E-state index in [1.54, 1.807) is 6.92 Å². The lowest BCUT2D eigenvalue weighted by Crippen LogP contribution is -2.13. The zero-order valence-electron chi connectivity index (χ0n) is 11.0. The van der Waals surface area contributed by atoms with Gasteiger partial charge in [0, 0.05) is 5.56 Å². The fourth-order valence-electron chi connectivity index (χ4n) is 1.98. The van der Waals surface area contributed by atoms with Gasteiger partial charge in [0.2, 0.25) is 0 Å². The molecule has 0 atom stereocenters. The van der Waals surface area contributed by atoms with E-state index in [0.717, 1.165) is 0 Å². The van der Waals surface area contributed by atoms with Gasteiger partial charge in [-0.15, -0.1) is 0 Å². The summed E-state index contributed by atoms with van der Waals surface area (Å²) in [6.45, 7) is 3.01. The summed E-state index contributed by atoms with van der Waals surface area (Å²) >= 11 is 0. The minimum absolute atomic E-state index is 0.0662. The Balaban J connectivity index is 2.26. The third-order valence-corrected chi connectivity index (χ3v) is 3.01. The number of hydrogen-bond donors (Lipinski definition) is 1. The fourth-order valence-corrected chi connectivity index (χ4v) is 1.98. The topological polar surface area (TPSA) is 98.3 Å². The van der Waals surface area contributed by atoms with Crippen molar-refractivity contribution in [3.63, 3.8) is 0 Å². The SMILES string of the molecule is Cc1nn(CC(=O)c2ccc(O)cc2)c(C)c1[N+](=O)[O-]. The molecule has 1 aromatic heterocycles. The number of Topliss-reactive ketones (excluding diaryl/α,β-unsaturated/α-hetero) is 1. The molecule has 0 bridgehead atoms. The van der Waals surface area contributed by atoms with Crippen LogP contribution in [0.4, 0.5) is 5.69 Å². The summed E-state index contributed by atoms with van der Waals surface area (Å²) in [5.74, 6) is -0.159. The van der Waals surface area contributed by atoms with Crippen LogP contribution < -0.4 is 0 Å². The molecule has 0 aliphatic heterocycles. The van der Waals surface area contributed by atoms with Gasteiger partial charge in [-0.2, -0.15) is 5.10 Å². The summed E-state index contributed by atoms with van der Waals surface area (Å²) in [6.07, 6.45) is 0. The Morgan fingerprint density at radius 2 is 1.95 bits per heavy atom. The second kappa shape index (κ2) is 5.12. The van der Waals surface area contributed by atoms with Crippen LogP contribution in [0.1, 0.15) is 21.7 Å². The second-order valence-electron chi connectivity index (χ2n) is 4.40. The lowest BCUT2D eigenvalue weighted by molar-refractivity contribution is -0.386. The molecule has 7 heteroatoms. The maximum atomic E-state index is 12.1. The van der Waals surface area contributed by atoms with Crippen LogP contribution in [0.3, 0.4) is 0 Å². The largest absolute Gasteiger partial charge is 0.508 e. The average molecular weight is 275 g/mol. The van der Waals surface area contributed by atoms with Gasteiger partial charge in [0.25, 0.3) is 0 Å². The van der Waals surface area contributed by atoms with Gasteiger partial charge in [0.1, 0.15) is 23.7 Å². The molecule has 20 heavy (non-hydrogen) atoms. The summed E-state index contributed by atoms with van der Waals surface area (Å²) in [6, 6.07) is 5.82. The van der Waals surface area contributed by atoms with Crippen molar-refractivity contribution in [3.05, 3.63) is 51.3 Å². The van der Waals surface area contributed by atoms with Crippen molar-refractivity contribution >= 4 is 11.5 Å². The van der Waals surface area contributed by atoms with Crippen LogP contribution in [0.5, 0.6) is 5.75 Å².